The van der Waals surface area contributed by atoms with Crippen LogP contribution in [0.1, 0.15) is 55.5 Å². The first-order chi connectivity index (χ1) is 12.0. The van der Waals surface area contributed by atoms with Gasteiger partial charge >= 0.3 is 6.18 Å². The van der Waals surface area contributed by atoms with Crippen molar-refractivity contribution in [1.29, 1.82) is 0 Å². The Labute approximate surface area is 157 Å². The number of nitrogens with one attached hydrogen (secondary N) is 1. The topological polar surface area (TPSA) is 64.7 Å². The molecule has 2 aromatic rings. The Morgan fingerprint density at radius 2 is 1.92 bits per heavy atom. The molecule has 0 aliphatic heterocycles. The fraction of sp³-hybridized carbons (Fsp3) is 0.562. The van der Waals surface area contributed by atoms with Crippen LogP contribution in [0.4, 0.5) is 13.2 Å². The lowest BCUT2D eigenvalue weighted by molar-refractivity contribution is -0.142. The van der Waals surface area contributed by atoms with Gasteiger partial charge < -0.3 is 5.32 Å². The normalized spacial score (nSPS) is 14.3. The van der Waals surface area contributed by atoms with Gasteiger partial charge in [-0.15, -0.1) is 0 Å². The third-order valence-corrected chi connectivity index (χ3v) is 5.17. The van der Waals surface area contributed by atoms with E-state index < -0.39 is 23.8 Å². The van der Waals surface area contributed by atoms with Crippen LogP contribution in [-0.2, 0) is 17.5 Å². The first-order valence-corrected chi connectivity index (χ1v) is 8.92. The van der Waals surface area contributed by atoms with E-state index in [0.717, 1.165) is 15.9 Å². The maximum Gasteiger partial charge on any atom is 0.436 e. The lowest BCUT2D eigenvalue weighted by Crippen LogP contribution is -2.34. The fourth-order valence-electron chi connectivity index (χ4n) is 2.70. The summed E-state index contributed by atoms with van der Waals surface area (Å²) in [4.78, 5) is 12.5. The van der Waals surface area contributed by atoms with Crippen LogP contribution in [0.2, 0.25) is 0 Å². The van der Waals surface area contributed by atoms with Gasteiger partial charge in [-0.05, 0) is 50.5 Å². The highest BCUT2D eigenvalue weighted by molar-refractivity contribution is 9.10. The molecular weight excluding hydrogens is 415 g/mol. The third-order valence-electron chi connectivity index (χ3n) is 4.23. The average Bonchev–Trinajstić information content (AvgIpc) is 3.07. The SMILES string of the molecule is CCn1cc(C(C)NC(=O)C(C)n2nc(C(F)(F)F)c(Br)c2C)c(C)n1. The molecule has 2 unspecified atom stereocenters. The zero-order valence-corrected chi connectivity index (χ0v) is 16.7. The Balaban J connectivity index is 2.21. The third kappa shape index (κ3) is 3.94. The zero-order valence-electron chi connectivity index (χ0n) is 15.1. The molecule has 0 spiro atoms. The number of hydrogen-bond acceptors (Lipinski definition) is 3. The molecule has 2 aromatic heterocycles. The molecule has 0 bridgehead atoms. The molecule has 144 valence electrons. The lowest BCUT2D eigenvalue weighted by Gasteiger charge is -2.18. The Morgan fingerprint density at radius 3 is 2.38 bits per heavy atom. The Bertz CT molecular complexity index is 812. The van der Waals surface area contributed by atoms with Crippen LogP contribution < -0.4 is 5.32 Å². The van der Waals surface area contributed by atoms with Crippen molar-refractivity contribution in [3.8, 4) is 0 Å². The van der Waals surface area contributed by atoms with E-state index in [1.807, 2.05) is 27.0 Å². The maximum atomic E-state index is 13.0. The number of amides is 1. The van der Waals surface area contributed by atoms with Crippen LogP contribution in [0.3, 0.4) is 0 Å². The average molecular weight is 436 g/mol. The maximum absolute atomic E-state index is 13.0. The van der Waals surface area contributed by atoms with Crippen molar-refractivity contribution >= 4 is 21.8 Å². The van der Waals surface area contributed by atoms with Gasteiger partial charge in [-0.25, -0.2) is 0 Å². The molecule has 1 N–H and O–H groups in total. The summed E-state index contributed by atoms with van der Waals surface area (Å²) >= 11 is 2.92. The van der Waals surface area contributed by atoms with E-state index in [4.69, 9.17) is 0 Å². The molecule has 2 atom stereocenters. The van der Waals surface area contributed by atoms with Gasteiger partial charge in [-0.1, -0.05) is 0 Å². The van der Waals surface area contributed by atoms with Crippen molar-refractivity contribution in [1.82, 2.24) is 24.9 Å². The van der Waals surface area contributed by atoms with Crippen molar-refractivity contribution in [3.63, 3.8) is 0 Å². The highest BCUT2D eigenvalue weighted by Crippen LogP contribution is 2.36. The van der Waals surface area contributed by atoms with Crippen LogP contribution in [0, 0.1) is 13.8 Å². The van der Waals surface area contributed by atoms with Crippen molar-refractivity contribution in [3.05, 3.63) is 33.3 Å². The summed E-state index contributed by atoms with van der Waals surface area (Å²) in [7, 11) is 0. The van der Waals surface area contributed by atoms with Crippen LogP contribution in [-0.4, -0.2) is 25.5 Å². The van der Waals surface area contributed by atoms with Crippen molar-refractivity contribution < 1.29 is 18.0 Å². The number of halogens is 4. The molecule has 0 saturated carbocycles. The number of nitrogens with zero attached hydrogens (tertiary/aromatic N) is 4. The number of carbonyl (C=O) groups excluding carboxylic acids is 1. The van der Waals surface area contributed by atoms with E-state index in [-0.39, 0.29) is 16.2 Å². The molecule has 0 saturated heterocycles. The number of aryl methyl sites for hydroxylation is 2. The highest BCUT2D eigenvalue weighted by atomic mass is 79.9. The fourth-order valence-corrected chi connectivity index (χ4v) is 3.19. The largest absolute Gasteiger partial charge is 0.436 e. The second-order valence-corrected chi connectivity index (χ2v) is 6.92. The van der Waals surface area contributed by atoms with E-state index in [1.54, 1.807) is 4.68 Å². The molecule has 2 rings (SSSR count). The van der Waals surface area contributed by atoms with E-state index in [1.165, 1.54) is 13.8 Å². The summed E-state index contributed by atoms with van der Waals surface area (Å²) in [6.45, 7) is 9.31. The predicted octanol–water partition coefficient (Wildman–Crippen LogP) is 3.94. The van der Waals surface area contributed by atoms with Crippen molar-refractivity contribution in [2.24, 2.45) is 0 Å². The Kier molecular flexibility index (Phi) is 5.84. The van der Waals surface area contributed by atoms with Crippen LogP contribution in [0.25, 0.3) is 0 Å². The van der Waals surface area contributed by atoms with Gasteiger partial charge in [0.05, 0.1) is 21.9 Å². The van der Waals surface area contributed by atoms with Gasteiger partial charge in [0.15, 0.2) is 5.69 Å². The van der Waals surface area contributed by atoms with Gasteiger partial charge in [0.2, 0.25) is 5.91 Å². The summed E-state index contributed by atoms with van der Waals surface area (Å²) in [5, 5.41) is 10.7. The number of alkyl halides is 3. The summed E-state index contributed by atoms with van der Waals surface area (Å²) < 4.78 is 41.7. The van der Waals surface area contributed by atoms with Crippen molar-refractivity contribution in [2.75, 3.05) is 0 Å². The standard InChI is InChI=1S/C16H21BrF3N5O/c1-6-24-7-12(9(3)22-24)8(2)21-15(26)11(5)25-10(4)13(17)14(23-25)16(18,19)20/h7-8,11H,6H2,1-5H3,(H,21,26). The Hall–Kier alpha value is -1.84. The number of hydrogen-bond donors (Lipinski definition) is 1. The summed E-state index contributed by atoms with van der Waals surface area (Å²) in [5.41, 5.74) is 0.858. The minimum atomic E-state index is -4.59. The number of carbonyl (C=O) groups is 1. The molecule has 2 heterocycles. The molecule has 0 radical (unpaired) electrons. The molecule has 0 aliphatic carbocycles. The van der Waals surface area contributed by atoms with Gasteiger partial charge in [0.1, 0.15) is 6.04 Å². The molecule has 0 fully saturated rings. The van der Waals surface area contributed by atoms with Crippen LogP contribution >= 0.6 is 15.9 Å². The number of aromatic nitrogens is 4. The van der Waals surface area contributed by atoms with E-state index >= 15 is 0 Å². The first-order valence-electron chi connectivity index (χ1n) is 8.13. The minimum absolute atomic E-state index is 0.155. The van der Waals surface area contributed by atoms with Crippen molar-refractivity contribution in [2.45, 2.75) is 59.4 Å². The van der Waals surface area contributed by atoms with Crippen LogP contribution in [0.15, 0.2) is 10.7 Å². The Morgan fingerprint density at radius 1 is 1.31 bits per heavy atom. The molecule has 26 heavy (non-hydrogen) atoms. The minimum Gasteiger partial charge on any atom is -0.348 e. The van der Waals surface area contributed by atoms with Gasteiger partial charge in [-0.2, -0.15) is 23.4 Å². The van der Waals surface area contributed by atoms with E-state index in [9.17, 15) is 18.0 Å². The monoisotopic (exact) mass is 435 g/mol. The van der Waals surface area contributed by atoms with Gasteiger partial charge in [-0.3, -0.25) is 14.2 Å². The van der Waals surface area contributed by atoms with Gasteiger partial charge in [0.25, 0.3) is 0 Å². The number of rotatable bonds is 5. The zero-order chi connectivity index (χ0) is 19.8. The van der Waals surface area contributed by atoms with Gasteiger partial charge in [0, 0.05) is 18.3 Å². The predicted molar refractivity (Wildman–Crippen MR) is 93.6 cm³/mol. The lowest BCUT2D eigenvalue weighted by atomic mass is 10.1. The molecule has 0 aliphatic rings. The molecule has 6 nitrogen and oxygen atoms in total. The quantitative estimate of drug-likeness (QED) is 0.773. The second-order valence-electron chi connectivity index (χ2n) is 6.12. The molecular formula is C16H21BrF3N5O. The van der Waals surface area contributed by atoms with E-state index in [2.05, 4.69) is 31.4 Å². The first kappa shape index (κ1) is 20.5. The van der Waals surface area contributed by atoms with Crippen LogP contribution in [0.5, 0.6) is 0 Å². The second kappa shape index (κ2) is 7.42. The summed E-state index contributed by atoms with van der Waals surface area (Å²) in [5.74, 6) is -0.423. The van der Waals surface area contributed by atoms with E-state index in [0.29, 0.717) is 6.54 Å². The smallest absolute Gasteiger partial charge is 0.348 e. The summed E-state index contributed by atoms with van der Waals surface area (Å²) in [6, 6.07) is -1.22. The molecule has 0 aromatic carbocycles. The molecule has 1 amide bonds. The molecule has 10 heteroatoms. The highest BCUT2D eigenvalue weighted by Gasteiger charge is 2.39. The summed E-state index contributed by atoms with van der Waals surface area (Å²) in [6.07, 6.45) is -2.74.